The Morgan fingerprint density at radius 1 is 1.24 bits per heavy atom. The molecule has 0 bridgehead atoms. The van der Waals surface area contributed by atoms with Crippen LogP contribution in [0.25, 0.3) is 11.3 Å². The van der Waals surface area contributed by atoms with Crippen LogP contribution in [-0.2, 0) is 6.42 Å². The molecule has 17 heavy (non-hydrogen) atoms. The summed E-state index contributed by atoms with van der Waals surface area (Å²) in [7, 11) is 0. The molecule has 0 saturated heterocycles. The Morgan fingerprint density at radius 3 is 2.76 bits per heavy atom. The molecule has 90 valence electrons. The third-order valence-electron chi connectivity index (χ3n) is 2.43. The van der Waals surface area contributed by atoms with Crippen LogP contribution in [0.5, 0.6) is 0 Å². The average molecular weight is 239 g/mol. The zero-order valence-electron chi connectivity index (χ0n) is 8.99. The van der Waals surface area contributed by atoms with Crippen molar-refractivity contribution in [3.05, 3.63) is 41.6 Å². The summed E-state index contributed by atoms with van der Waals surface area (Å²) >= 11 is 0. The molecule has 1 N–H and O–H groups in total. The van der Waals surface area contributed by atoms with Crippen LogP contribution in [0.2, 0.25) is 0 Å². The summed E-state index contributed by atoms with van der Waals surface area (Å²) < 4.78 is 30.9. The first kappa shape index (κ1) is 11.7. The van der Waals surface area contributed by atoms with Crippen molar-refractivity contribution in [1.82, 2.24) is 5.16 Å². The van der Waals surface area contributed by atoms with Crippen LogP contribution in [-0.4, -0.2) is 16.9 Å². The van der Waals surface area contributed by atoms with Gasteiger partial charge in [0.25, 0.3) is 0 Å². The highest BCUT2D eigenvalue weighted by Crippen LogP contribution is 2.25. The molecule has 0 spiro atoms. The van der Waals surface area contributed by atoms with E-state index in [1.807, 2.05) is 0 Å². The highest BCUT2D eigenvalue weighted by molar-refractivity contribution is 5.60. The summed E-state index contributed by atoms with van der Waals surface area (Å²) in [6, 6.07) is 3.54. The number of aliphatic hydroxyl groups excluding tert-OH is 1. The van der Waals surface area contributed by atoms with E-state index in [1.165, 1.54) is 12.3 Å². The second-order valence-electron chi connectivity index (χ2n) is 3.64. The molecule has 5 heteroatoms. The molecule has 0 atom stereocenters. The monoisotopic (exact) mass is 239 g/mol. The lowest BCUT2D eigenvalue weighted by Gasteiger charge is -2.01. The lowest BCUT2D eigenvalue weighted by molar-refractivity contribution is 0.288. The second kappa shape index (κ2) is 5.05. The van der Waals surface area contributed by atoms with Gasteiger partial charge in [0.1, 0.15) is 0 Å². The van der Waals surface area contributed by atoms with E-state index >= 15 is 0 Å². The Hall–Kier alpha value is -1.75. The van der Waals surface area contributed by atoms with Crippen molar-refractivity contribution in [3.63, 3.8) is 0 Å². The number of benzene rings is 1. The summed E-state index contributed by atoms with van der Waals surface area (Å²) in [4.78, 5) is 0. The van der Waals surface area contributed by atoms with Crippen molar-refractivity contribution in [1.29, 1.82) is 0 Å². The van der Waals surface area contributed by atoms with Crippen molar-refractivity contribution >= 4 is 0 Å². The molecule has 2 rings (SSSR count). The molecule has 1 heterocycles. The molecule has 0 amide bonds. The zero-order chi connectivity index (χ0) is 12.3. The van der Waals surface area contributed by atoms with Crippen molar-refractivity contribution < 1.29 is 18.4 Å². The minimum Gasteiger partial charge on any atom is -0.396 e. The van der Waals surface area contributed by atoms with Crippen LogP contribution >= 0.6 is 0 Å². The first-order valence-electron chi connectivity index (χ1n) is 5.22. The first-order chi connectivity index (χ1) is 8.22. The fraction of sp³-hybridized carbons (Fsp3) is 0.250. The first-order valence-corrected chi connectivity index (χ1v) is 5.22. The van der Waals surface area contributed by atoms with Gasteiger partial charge in [-0.1, -0.05) is 5.16 Å². The van der Waals surface area contributed by atoms with Gasteiger partial charge in [-0.25, -0.2) is 8.78 Å². The molecular weight excluding hydrogens is 228 g/mol. The van der Waals surface area contributed by atoms with E-state index in [-0.39, 0.29) is 6.61 Å². The summed E-state index contributed by atoms with van der Waals surface area (Å²) in [5.74, 6) is -1.41. The van der Waals surface area contributed by atoms with Crippen molar-refractivity contribution in [2.75, 3.05) is 6.61 Å². The molecule has 0 saturated carbocycles. The van der Waals surface area contributed by atoms with Crippen LogP contribution in [0.15, 0.2) is 28.9 Å². The Labute approximate surface area is 96.7 Å². The number of aliphatic hydroxyl groups is 1. The van der Waals surface area contributed by atoms with Gasteiger partial charge in [-0.2, -0.15) is 0 Å². The molecule has 1 aromatic heterocycles. The number of aromatic nitrogens is 1. The SMILES string of the molecule is OCCCc1cnoc1-c1ccc(F)c(F)c1. The maximum atomic E-state index is 13.1. The van der Waals surface area contributed by atoms with Gasteiger partial charge in [-0.3, -0.25) is 0 Å². The Kier molecular flexibility index (Phi) is 3.49. The predicted octanol–water partition coefficient (Wildman–Crippen LogP) is 2.54. The van der Waals surface area contributed by atoms with E-state index in [1.54, 1.807) is 0 Å². The summed E-state index contributed by atoms with van der Waals surface area (Å²) in [6.07, 6.45) is 2.67. The third kappa shape index (κ3) is 2.50. The Balaban J connectivity index is 2.32. The molecule has 1 aromatic carbocycles. The predicted molar refractivity (Wildman–Crippen MR) is 57.3 cm³/mol. The molecule has 0 aliphatic carbocycles. The maximum Gasteiger partial charge on any atom is 0.170 e. The van der Waals surface area contributed by atoms with Gasteiger partial charge in [-0.15, -0.1) is 0 Å². The molecule has 0 aliphatic rings. The van der Waals surface area contributed by atoms with Crippen molar-refractivity contribution in [2.24, 2.45) is 0 Å². The number of aryl methyl sites for hydroxylation is 1. The van der Waals surface area contributed by atoms with Crippen molar-refractivity contribution in [3.8, 4) is 11.3 Å². The molecule has 0 radical (unpaired) electrons. The average Bonchev–Trinajstić information content (AvgIpc) is 2.78. The normalized spacial score (nSPS) is 10.8. The fourth-order valence-electron chi connectivity index (χ4n) is 1.58. The maximum absolute atomic E-state index is 13.1. The number of hydrogen-bond donors (Lipinski definition) is 1. The van der Waals surface area contributed by atoms with Crippen LogP contribution in [0.3, 0.4) is 0 Å². The van der Waals surface area contributed by atoms with Crippen molar-refractivity contribution in [2.45, 2.75) is 12.8 Å². The minimum atomic E-state index is -0.924. The minimum absolute atomic E-state index is 0.0579. The highest BCUT2D eigenvalue weighted by atomic mass is 19.2. The third-order valence-corrected chi connectivity index (χ3v) is 2.43. The van der Waals surface area contributed by atoms with E-state index in [0.717, 1.165) is 17.7 Å². The van der Waals surface area contributed by atoms with Crippen LogP contribution < -0.4 is 0 Å². The van der Waals surface area contributed by atoms with Gasteiger partial charge >= 0.3 is 0 Å². The van der Waals surface area contributed by atoms with Crippen LogP contribution in [0.4, 0.5) is 8.78 Å². The smallest absolute Gasteiger partial charge is 0.170 e. The van der Waals surface area contributed by atoms with Gasteiger partial charge < -0.3 is 9.63 Å². The zero-order valence-corrected chi connectivity index (χ0v) is 8.99. The lowest BCUT2D eigenvalue weighted by atomic mass is 10.1. The molecular formula is C12H11F2NO2. The summed E-state index contributed by atoms with van der Waals surface area (Å²) in [5, 5.41) is 12.4. The van der Waals surface area contributed by atoms with E-state index in [2.05, 4.69) is 5.16 Å². The largest absolute Gasteiger partial charge is 0.396 e. The summed E-state index contributed by atoms with van der Waals surface area (Å²) in [6.45, 7) is 0.0579. The highest BCUT2D eigenvalue weighted by Gasteiger charge is 2.12. The van der Waals surface area contributed by atoms with E-state index < -0.39 is 11.6 Å². The molecule has 3 nitrogen and oxygen atoms in total. The lowest BCUT2D eigenvalue weighted by Crippen LogP contribution is -1.91. The summed E-state index contributed by atoms with van der Waals surface area (Å²) in [5.41, 5.74) is 1.21. The van der Waals surface area contributed by atoms with Gasteiger partial charge in [0.05, 0.1) is 6.20 Å². The van der Waals surface area contributed by atoms with Crippen LogP contribution in [0, 0.1) is 11.6 Å². The van der Waals surface area contributed by atoms with Crippen LogP contribution in [0.1, 0.15) is 12.0 Å². The number of nitrogens with zero attached hydrogens (tertiary/aromatic N) is 1. The number of halogens is 2. The number of hydrogen-bond acceptors (Lipinski definition) is 3. The van der Waals surface area contributed by atoms with E-state index in [0.29, 0.717) is 24.2 Å². The fourth-order valence-corrected chi connectivity index (χ4v) is 1.58. The quantitative estimate of drug-likeness (QED) is 0.891. The van der Waals surface area contributed by atoms with Gasteiger partial charge in [0.2, 0.25) is 0 Å². The second-order valence-corrected chi connectivity index (χ2v) is 3.64. The van der Waals surface area contributed by atoms with Gasteiger partial charge in [-0.05, 0) is 31.0 Å². The molecule has 0 unspecified atom stereocenters. The molecule has 0 fully saturated rings. The van der Waals surface area contributed by atoms with E-state index in [9.17, 15) is 8.78 Å². The Bertz CT molecular complexity index is 511. The number of rotatable bonds is 4. The van der Waals surface area contributed by atoms with Gasteiger partial charge in [0, 0.05) is 17.7 Å². The van der Waals surface area contributed by atoms with Gasteiger partial charge in [0.15, 0.2) is 17.4 Å². The Morgan fingerprint density at radius 2 is 2.06 bits per heavy atom. The molecule has 2 aromatic rings. The topological polar surface area (TPSA) is 46.3 Å². The molecule has 0 aliphatic heterocycles. The van der Waals surface area contributed by atoms with E-state index in [4.69, 9.17) is 9.63 Å². The standard InChI is InChI=1S/C12H11F2NO2/c13-10-4-3-8(6-11(10)14)12-9(2-1-5-16)7-15-17-12/h3-4,6-7,16H,1-2,5H2.